The molecule has 10 heterocycles. The number of hydrogen-bond donors (Lipinski definition) is 4. The van der Waals surface area contributed by atoms with Gasteiger partial charge < -0.3 is 56.8 Å². The summed E-state index contributed by atoms with van der Waals surface area (Å²) in [6.07, 6.45) is 24.7. The van der Waals surface area contributed by atoms with E-state index in [9.17, 15) is 15.0 Å². The fourth-order valence-corrected chi connectivity index (χ4v) is 18.5. The molecule has 0 radical (unpaired) electrons. The molecule has 4 N–H and O–H groups in total. The molecular weight excluding hydrogens is 1850 g/mol. The molecule has 0 aromatic heterocycles. The Morgan fingerprint density at radius 1 is 0.464 bits per heavy atom. The van der Waals surface area contributed by atoms with Gasteiger partial charge >= 0.3 is 87.9 Å². The molecular formula is C94H124BrI3MgN5O7V. The van der Waals surface area contributed by atoms with E-state index in [2.05, 4.69) is 231 Å². The zero-order valence-corrected chi connectivity index (χ0v) is 74.1. The number of nitrogens with one attached hydrogen (secondary N) is 2. The molecule has 12 nitrogen and oxygen atoms in total. The number of ether oxygens (including phenoxy) is 4. The minimum Gasteiger partial charge on any atom is 2.00 e. The smallest absolute Gasteiger partial charge is 2.00 e. The van der Waals surface area contributed by atoms with Gasteiger partial charge in [-0.3, -0.25) is 19.5 Å². The van der Waals surface area contributed by atoms with Crippen molar-refractivity contribution < 1.29 is 55.9 Å². The van der Waals surface area contributed by atoms with Gasteiger partial charge in [-0.15, -0.1) is 12.1 Å². The van der Waals surface area contributed by atoms with Crippen molar-refractivity contribution in [1.29, 1.82) is 0 Å². The average molecular weight is 1970 g/mol. The Morgan fingerprint density at radius 3 is 1.32 bits per heavy atom. The van der Waals surface area contributed by atoms with Crippen LogP contribution in [0.3, 0.4) is 0 Å². The van der Waals surface area contributed by atoms with Gasteiger partial charge in [0.15, 0.2) is 0 Å². The predicted octanol–water partition coefficient (Wildman–Crippen LogP) is 19.0. The number of phenolic OH excluding ortho intramolecular Hbond substituents is 1. The third kappa shape index (κ3) is 27.8. The van der Waals surface area contributed by atoms with Gasteiger partial charge in [0.05, 0.1) is 34.0 Å². The minimum atomic E-state index is -0.729. The Labute approximate surface area is 737 Å². The molecule has 10 unspecified atom stereocenters. The summed E-state index contributed by atoms with van der Waals surface area (Å²) in [4.78, 5) is 19.0. The first-order valence-corrected chi connectivity index (χ1v) is 52.0. The summed E-state index contributed by atoms with van der Waals surface area (Å²) in [5.41, 5.74) is 10.00. The number of carbonyl (C=O) groups excluding carboxylic acids is 1. The second-order valence-corrected chi connectivity index (χ2v) is 65.8. The van der Waals surface area contributed by atoms with Crippen LogP contribution < -0.4 is 46.6 Å². The fraction of sp³-hybridized carbons (Fsp3) is 0.457. The van der Waals surface area contributed by atoms with Crippen LogP contribution in [0, 0.1) is 6.07 Å². The maximum atomic E-state index is 11.5. The molecule has 0 saturated carbocycles. The Morgan fingerprint density at radius 2 is 0.866 bits per heavy atom. The Kier molecular flexibility index (Phi) is 42.1. The summed E-state index contributed by atoms with van der Waals surface area (Å²) >= 11 is 7.39. The molecule has 9 saturated heterocycles. The van der Waals surface area contributed by atoms with Crippen molar-refractivity contribution in [3.05, 3.63) is 263 Å². The van der Waals surface area contributed by atoms with Gasteiger partial charge in [-0.1, -0.05) is 175 Å². The molecule has 10 atom stereocenters. The van der Waals surface area contributed by atoms with E-state index in [0.29, 0.717) is 53.7 Å². The number of rotatable bonds is 14. The van der Waals surface area contributed by atoms with Crippen LogP contribution in [0.25, 0.3) is 5.57 Å². The predicted molar refractivity (Wildman–Crippen MR) is 484 cm³/mol. The molecule has 8 aromatic carbocycles. The fourth-order valence-electron chi connectivity index (χ4n) is 18.5. The first-order valence-electron chi connectivity index (χ1n) is 38.5. The summed E-state index contributed by atoms with van der Waals surface area (Å²) in [5, 5.41) is 28.2. The van der Waals surface area contributed by atoms with Crippen LogP contribution in [0.1, 0.15) is 202 Å². The molecule has 10 aliphatic heterocycles. The number of aliphatic hydroxyl groups is 1. The topological polar surface area (TPSA) is 128 Å². The molecule has 0 aliphatic carbocycles. The van der Waals surface area contributed by atoms with Gasteiger partial charge in [0.2, 0.25) is 0 Å². The second-order valence-electron chi connectivity index (χ2n) is 30.4. The quantitative estimate of drug-likeness (QED) is 0.0470. The van der Waals surface area contributed by atoms with Crippen molar-refractivity contribution in [1.82, 2.24) is 25.3 Å². The van der Waals surface area contributed by atoms with E-state index in [1.165, 1.54) is 129 Å². The Balaban J connectivity index is 0.000000210. The van der Waals surface area contributed by atoms with Crippen molar-refractivity contribution >= 4 is 94.3 Å². The molecule has 10 aliphatic rings. The number of benzene rings is 8. The summed E-state index contributed by atoms with van der Waals surface area (Å²) < 4.78 is 20.9. The molecule has 0 spiro atoms. The van der Waals surface area contributed by atoms with E-state index in [-0.39, 0.29) is 74.7 Å². The normalized spacial score (nSPS) is 25.6. The van der Waals surface area contributed by atoms with Gasteiger partial charge in [0.25, 0.3) is 0 Å². The van der Waals surface area contributed by atoms with E-state index < -0.39 is 5.60 Å². The summed E-state index contributed by atoms with van der Waals surface area (Å²) in [7, 11) is 6.80. The molecule has 10 bridgehead atoms. The average Bonchev–Trinajstić information content (AvgIpc) is 1.54. The number of Topliss-reactive ketones (excluding diaryl/α,β-unsaturated/α-hetero) is 1. The van der Waals surface area contributed by atoms with Crippen LogP contribution in [0.5, 0.6) is 28.7 Å². The molecule has 0 amide bonds. The molecule has 602 valence electrons. The van der Waals surface area contributed by atoms with E-state index in [1.54, 1.807) is 40.6 Å². The third-order valence-electron chi connectivity index (χ3n) is 23.6. The summed E-state index contributed by atoms with van der Waals surface area (Å²) in [6.45, 7) is 3.08. The molecule has 18 heteroatoms. The number of ketones is 1. The van der Waals surface area contributed by atoms with Crippen LogP contribution in [-0.2, 0) is 35.0 Å². The van der Waals surface area contributed by atoms with Crippen molar-refractivity contribution in [2.75, 3.05) is 28.4 Å². The number of nitrogens with zero attached hydrogens (tertiary/aromatic N) is 3. The number of carbonyl (C=O) groups is 1. The summed E-state index contributed by atoms with van der Waals surface area (Å²) in [5.74, 6) is 5.86. The number of piperidine rings is 4. The Hall–Kier alpha value is -4.05. The number of hydrogen-bond acceptors (Lipinski definition) is 12. The SMILES string of the molecule is C.C.C.C.COc1c[c-]ccc1.COc1cccc(C2(O)CC3CCC(C2)N3Cc2ccccc2)c1.COc1cccc(C2=CC3CCC(C2)N3Cc2ccccc2)c1.COc1cccc(C2CC3CCC(C2)N3)c1.O=C1CC2CCC(C1)N2Cc1ccccc1.Oc1cccc(C2CC3CCC(C2)N3)c1.[Br-].[I][V]([I])[I].[Mg+2]. The van der Waals surface area contributed by atoms with Gasteiger partial charge in [-0.2, -0.15) is 18.2 Å². The number of methoxy groups -OCH3 is 4. The maximum Gasteiger partial charge on any atom is 2.00 e. The van der Waals surface area contributed by atoms with Crippen LogP contribution >= 0.6 is 59.9 Å². The third-order valence-corrected chi connectivity index (χ3v) is 23.6. The molecule has 8 aromatic rings. The number of phenols is 1. The monoisotopic (exact) mass is 1970 g/mol. The van der Waals surface area contributed by atoms with E-state index >= 15 is 0 Å². The zero-order chi connectivity index (χ0) is 73.8. The molecule has 112 heavy (non-hydrogen) atoms. The standard InChI is InChI=1S/C21H25NO2.C21H23NO.C14H19NO.C14H17NO.C13H17NO.C7H7O.4CH4.BrH.3HI.Mg.V/c1-24-20-9-5-8-17(12-20)21(23)13-18-10-11-19(14-21)22(18)15-16-6-3-2-4-7-16;1-23-21-9-5-8-17(14-21)18-12-19-10-11-20(13-18)22(19)15-16-6-3-2-4-7-16;1-16-14-4-2-3-10(9-14)11-7-12-5-6-13(8-11)15-12;16-14-8-12-6-7-13(9-14)15(12)10-11-4-2-1-3-5-11;15-13-3-1-2-9(8-13)10-6-11-4-5-12(7-10)14-11;1-8-7-5-3-2-4-6-7;;;;;;;;;;/h2-9,12,18-19,23H,10-11,13-15H2,1H3;2-9,12,14,19-20H,10-11,13,15H2,1H3;2-4,9,11-13,15H,5-8H2,1H3;1-5,12-13H,6-10H2;1-3,8,10-12,14-15H,4-7H2;2-3,5-6H,1H3;4*1H4;4*1H;;/q;;;;;-1;;;;;;;;;+2;+3/p-4. The maximum absolute atomic E-state index is 11.5. The van der Waals surface area contributed by atoms with Crippen molar-refractivity contribution in [3.63, 3.8) is 0 Å². The number of halogens is 4. The van der Waals surface area contributed by atoms with Crippen molar-refractivity contribution in [3.8, 4) is 28.7 Å². The van der Waals surface area contributed by atoms with Crippen LogP contribution in [0.2, 0.25) is 0 Å². The first-order chi connectivity index (χ1) is 51.7. The van der Waals surface area contributed by atoms with Crippen LogP contribution in [0.15, 0.2) is 218 Å². The van der Waals surface area contributed by atoms with E-state index in [1.807, 2.05) is 66.7 Å². The van der Waals surface area contributed by atoms with Gasteiger partial charge in [0, 0.05) is 98.6 Å². The number of fused-ring (bicyclic) bond motifs is 10. The molecule has 9 fully saturated rings. The van der Waals surface area contributed by atoms with Gasteiger partial charge in [0.1, 0.15) is 28.8 Å². The molecule has 18 rings (SSSR count). The van der Waals surface area contributed by atoms with Crippen LogP contribution in [0.4, 0.5) is 0 Å². The van der Waals surface area contributed by atoms with Gasteiger partial charge in [-0.25, -0.2) is 0 Å². The van der Waals surface area contributed by atoms with Crippen LogP contribution in [-0.4, -0.2) is 143 Å². The minimum absolute atomic E-state index is 0. The summed E-state index contributed by atoms with van der Waals surface area (Å²) in [6, 6.07) is 81.3. The first kappa shape index (κ1) is 96.8. The Bertz CT molecular complexity index is 3990. The second kappa shape index (κ2) is 48.7. The van der Waals surface area contributed by atoms with E-state index in [0.717, 1.165) is 110 Å². The zero-order valence-electron chi connectivity index (χ0n) is 63.2. The van der Waals surface area contributed by atoms with E-state index in [4.69, 9.17) is 18.9 Å². The largest absolute Gasteiger partial charge is 2.00 e. The van der Waals surface area contributed by atoms with Crippen molar-refractivity contribution in [2.45, 2.75) is 249 Å². The van der Waals surface area contributed by atoms with Crippen molar-refractivity contribution in [2.24, 2.45) is 0 Å². The van der Waals surface area contributed by atoms with Gasteiger partial charge in [-0.05, 0) is 214 Å². The number of aromatic hydroxyl groups is 1.